The van der Waals surface area contributed by atoms with E-state index in [1.165, 1.54) is 0 Å². The molecule has 4 N–H and O–H groups in total. The third-order valence-corrected chi connectivity index (χ3v) is 2.47. The lowest BCUT2D eigenvalue weighted by molar-refractivity contribution is 0.145. The van der Waals surface area contributed by atoms with Crippen molar-refractivity contribution in [3.8, 4) is 0 Å². The minimum Gasteiger partial charge on any atom is -0.398 e. The molecule has 0 saturated carbocycles. The first-order valence-electron chi connectivity index (χ1n) is 5.40. The quantitative estimate of drug-likeness (QED) is 0.689. The molecular weight excluding hydrogens is 176 g/mol. The van der Waals surface area contributed by atoms with Crippen LogP contribution >= 0.6 is 0 Å². The molecule has 0 fully saturated rings. The van der Waals surface area contributed by atoms with E-state index in [9.17, 15) is 0 Å². The third-order valence-electron chi connectivity index (χ3n) is 2.47. The Morgan fingerprint density at radius 2 is 1.79 bits per heavy atom. The van der Waals surface area contributed by atoms with Crippen molar-refractivity contribution >= 4 is 0 Å². The number of nitrogens with two attached hydrogens (primary N) is 2. The minimum absolute atomic E-state index is 0.777. The van der Waals surface area contributed by atoms with Crippen molar-refractivity contribution in [2.45, 2.75) is 26.7 Å². The molecule has 4 nitrogen and oxygen atoms in total. The van der Waals surface area contributed by atoms with Crippen LogP contribution in [-0.4, -0.2) is 36.1 Å². The van der Waals surface area contributed by atoms with E-state index in [1.807, 2.05) is 0 Å². The second kappa shape index (κ2) is 5.10. The van der Waals surface area contributed by atoms with Gasteiger partial charge in [0.2, 0.25) is 0 Å². The second-order valence-corrected chi connectivity index (χ2v) is 3.87. The Hall–Kier alpha value is -0.900. The molecule has 0 spiro atoms. The molecule has 1 aliphatic heterocycles. The number of rotatable bonds is 4. The zero-order valence-electron chi connectivity index (χ0n) is 9.29. The molecule has 0 aromatic rings. The fraction of sp³-hybridized carbons (Fsp3) is 0.800. The summed E-state index contributed by atoms with van der Waals surface area (Å²) in [4.78, 5) is 4.50. The summed E-state index contributed by atoms with van der Waals surface area (Å²) in [7, 11) is 0. The van der Waals surface area contributed by atoms with Gasteiger partial charge < -0.3 is 16.4 Å². The van der Waals surface area contributed by atoms with Gasteiger partial charge in [-0.15, -0.1) is 0 Å². The van der Waals surface area contributed by atoms with E-state index in [0.717, 1.165) is 50.7 Å². The Balaban J connectivity index is 2.61. The van der Waals surface area contributed by atoms with Gasteiger partial charge in [0.15, 0.2) is 0 Å². The summed E-state index contributed by atoms with van der Waals surface area (Å²) in [5.74, 6) is 0.777. The van der Waals surface area contributed by atoms with Crippen LogP contribution in [0.3, 0.4) is 0 Å². The molecular formula is C10H22N4. The van der Waals surface area contributed by atoms with E-state index in [4.69, 9.17) is 11.5 Å². The van der Waals surface area contributed by atoms with Gasteiger partial charge >= 0.3 is 0 Å². The number of nitrogens with zero attached hydrogens (tertiary/aromatic N) is 2. The van der Waals surface area contributed by atoms with Crippen molar-refractivity contribution in [2.75, 3.05) is 26.3 Å². The Bertz CT molecular complexity index is 212. The molecule has 0 atom stereocenters. The van der Waals surface area contributed by atoms with Gasteiger partial charge in [-0.25, -0.2) is 0 Å². The Morgan fingerprint density at radius 1 is 1.14 bits per heavy atom. The highest BCUT2D eigenvalue weighted by Gasteiger charge is 2.20. The average Bonchev–Trinajstić information content (AvgIpc) is 2.14. The molecule has 0 aromatic heterocycles. The largest absolute Gasteiger partial charge is 0.398 e. The van der Waals surface area contributed by atoms with Gasteiger partial charge in [0.05, 0.1) is 12.4 Å². The van der Waals surface area contributed by atoms with Crippen molar-refractivity contribution in [2.24, 2.45) is 11.5 Å². The van der Waals surface area contributed by atoms with Crippen LogP contribution in [0.1, 0.15) is 26.7 Å². The van der Waals surface area contributed by atoms with Crippen LogP contribution in [0.4, 0.5) is 0 Å². The topological polar surface area (TPSA) is 58.5 Å². The van der Waals surface area contributed by atoms with Gasteiger partial charge in [0.1, 0.15) is 5.82 Å². The van der Waals surface area contributed by atoms with Gasteiger partial charge in [0, 0.05) is 13.1 Å². The second-order valence-electron chi connectivity index (χ2n) is 3.87. The van der Waals surface area contributed by atoms with Crippen LogP contribution in [0.25, 0.3) is 0 Å². The van der Waals surface area contributed by atoms with Crippen molar-refractivity contribution in [3.63, 3.8) is 0 Å². The van der Waals surface area contributed by atoms with Crippen molar-refractivity contribution in [1.29, 1.82) is 0 Å². The molecule has 0 saturated heterocycles. The maximum Gasteiger partial charge on any atom is 0.120 e. The zero-order chi connectivity index (χ0) is 10.6. The minimum atomic E-state index is 0.777. The van der Waals surface area contributed by atoms with Gasteiger partial charge in [-0.3, -0.25) is 4.90 Å². The first-order chi connectivity index (χ1) is 6.69. The first-order valence-corrected chi connectivity index (χ1v) is 5.40. The van der Waals surface area contributed by atoms with E-state index in [-0.39, 0.29) is 0 Å². The first kappa shape index (κ1) is 11.2. The maximum absolute atomic E-state index is 5.92. The van der Waals surface area contributed by atoms with Crippen LogP contribution < -0.4 is 11.5 Å². The van der Waals surface area contributed by atoms with Crippen molar-refractivity contribution in [1.82, 2.24) is 9.80 Å². The summed E-state index contributed by atoms with van der Waals surface area (Å²) in [5, 5.41) is 0. The molecule has 1 aliphatic rings. The summed E-state index contributed by atoms with van der Waals surface area (Å²) >= 11 is 0. The molecule has 0 bridgehead atoms. The Labute approximate surface area is 86.5 Å². The third kappa shape index (κ3) is 2.54. The predicted octanol–water partition coefficient (Wildman–Crippen LogP) is 0.468. The SMILES string of the molecule is CCCN1CC(N)=C(N)N(CCC)C1. The Kier molecular flexibility index (Phi) is 4.07. The highest BCUT2D eigenvalue weighted by atomic mass is 15.4. The van der Waals surface area contributed by atoms with Crippen molar-refractivity contribution in [3.05, 3.63) is 11.5 Å². The van der Waals surface area contributed by atoms with Crippen LogP contribution in [0, 0.1) is 0 Å². The molecule has 1 heterocycles. The molecule has 0 amide bonds. The molecule has 82 valence electrons. The molecule has 1 rings (SSSR count). The van der Waals surface area contributed by atoms with Crippen LogP contribution in [-0.2, 0) is 0 Å². The predicted molar refractivity (Wildman–Crippen MR) is 59.1 cm³/mol. The van der Waals surface area contributed by atoms with Gasteiger partial charge in [-0.1, -0.05) is 13.8 Å². The monoisotopic (exact) mass is 198 g/mol. The molecule has 0 radical (unpaired) electrons. The lowest BCUT2D eigenvalue weighted by Gasteiger charge is -2.37. The molecule has 0 aromatic carbocycles. The van der Waals surface area contributed by atoms with Crippen molar-refractivity contribution < 1.29 is 0 Å². The smallest absolute Gasteiger partial charge is 0.120 e. The number of hydrogen-bond acceptors (Lipinski definition) is 4. The van der Waals surface area contributed by atoms with E-state index in [2.05, 4.69) is 23.6 Å². The molecule has 4 heteroatoms. The molecule has 0 aliphatic carbocycles. The van der Waals surface area contributed by atoms with E-state index >= 15 is 0 Å². The lowest BCUT2D eigenvalue weighted by Crippen LogP contribution is -2.48. The Morgan fingerprint density at radius 3 is 2.36 bits per heavy atom. The highest BCUT2D eigenvalue weighted by Crippen LogP contribution is 2.12. The number of hydrogen-bond donors (Lipinski definition) is 2. The maximum atomic E-state index is 5.92. The summed E-state index contributed by atoms with van der Waals surface area (Å²) < 4.78 is 0. The summed E-state index contributed by atoms with van der Waals surface area (Å²) in [5.41, 5.74) is 12.6. The van der Waals surface area contributed by atoms with Gasteiger partial charge in [-0.2, -0.15) is 0 Å². The van der Waals surface area contributed by atoms with E-state index in [0.29, 0.717) is 0 Å². The fourth-order valence-corrected chi connectivity index (χ4v) is 1.82. The molecule has 14 heavy (non-hydrogen) atoms. The van der Waals surface area contributed by atoms with Crippen LogP contribution in [0.15, 0.2) is 11.5 Å². The average molecular weight is 198 g/mol. The standard InChI is InChI=1S/C10H22N4/c1-3-5-13-7-9(11)10(12)14(8-13)6-4-2/h3-8,11-12H2,1-2H3. The van der Waals surface area contributed by atoms with Gasteiger partial charge in [0.25, 0.3) is 0 Å². The highest BCUT2D eigenvalue weighted by molar-refractivity contribution is 5.11. The summed E-state index contributed by atoms with van der Waals surface area (Å²) in [6.07, 6.45) is 2.26. The van der Waals surface area contributed by atoms with Crippen LogP contribution in [0.5, 0.6) is 0 Å². The van der Waals surface area contributed by atoms with E-state index < -0.39 is 0 Å². The summed E-state index contributed by atoms with van der Waals surface area (Å²) in [6.45, 7) is 8.17. The zero-order valence-corrected chi connectivity index (χ0v) is 9.29. The fourth-order valence-electron chi connectivity index (χ4n) is 1.82. The molecule has 0 unspecified atom stereocenters. The lowest BCUT2D eigenvalue weighted by atomic mass is 10.3. The van der Waals surface area contributed by atoms with E-state index in [1.54, 1.807) is 0 Å². The summed E-state index contributed by atoms with van der Waals surface area (Å²) in [6, 6.07) is 0. The van der Waals surface area contributed by atoms with Gasteiger partial charge in [-0.05, 0) is 19.4 Å². The normalized spacial score (nSPS) is 19.1. The van der Waals surface area contributed by atoms with Crippen LogP contribution in [0.2, 0.25) is 0 Å².